The first-order valence-electron chi connectivity index (χ1n) is 7.49. The number of fused-ring (bicyclic) bond motifs is 1. The lowest BCUT2D eigenvalue weighted by Crippen LogP contribution is -2.24. The summed E-state index contributed by atoms with van der Waals surface area (Å²) in [6, 6.07) is 17.1. The minimum Gasteiger partial charge on any atom is -0.313 e. The number of halogens is 1. The third kappa shape index (κ3) is 3.29. The van der Waals surface area contributed by atoms with E-state index in [4.69, 9.17) is 11.6 Å². The van der Waals surface area contributed by atoms with Crippen LogP contribution >= 0.6 is 11.6 Å². The Balaban J connectivity index is 1.61. The molecule has 0 saturated heterocycles. The van der Waals surface area contributed by atoms with Crippen LogP contribution in [0.25, 0.3) is 0 Å². The summed E-state index contributed by atoms with van der Waals surface area (Å²) in [5, 5.41) is 4.24. The molecule has 1 aliphatic rings. The van der Waals surface area contributed by atoms with Crippen molar-refractivity contribution in [2.45, 2.75) is 25.6 Å². The molecule has 110 valence electrons. The normalized spacial score (nSPS) is 15.9. The summed E-state index contributed by atoms with van der Waals surface area (Å²) in [6.45, 7) is 3.20. The van der Waals surface area contributed by atoms with Gasteiger partial charge in [-0.25, -0.2) is 0 Å². The Morgan fingerprint density at radius 1 is 1.05 bits per heavy atom. The summed E-state index contributed by atoms with van der Waals surface area (Å²) in [6.07, 6.45) is 1.06. The molecule has 1 heterocycles. The third-order valence-corrected chi connectivity index (χ3v) is 4.61. The molecule has 0 bridgehead atoms. The molecule has 2 aromatic rings. The summed E-state index contributed by atoms with van der Waals surface area (Å²) in [4.78, 5) is 2.51. The van der Waals surface area contributed by atoms with E-state index in [0.29, 0.717) is 6.04 Å². The van der Waals surface area contributed by atoms with E-state index in [2.05, 4.69) is 46.6 Å². The van der Waals surface area contributed by atoms with Crippen molar-refractivity contribution in [1.82, 2.24) is 10.2 Å². The highest BCUT2D eigenvalue weighted by Crippen LogP contribution is 2.27. The van der Waals surface area contributed by atoms with E-state index in [1.165, 1.54) is 16.7 Å². The molecule has 1 aliphatic heterocycles. The van der Waals surface area contributed by atoms with E-state index in [-0.39, 0.29) is 0 Å². The highest BCUT2D eigenvalue weighted by atomic mass is 35.5. The minimum atomic E-state index is 0.308. The van der Waals surface area contributed by atoms with Crippen molar-refractivity contribution in [3.8, 4) is 0 Å². The van der Waals surface area contributed by atoms with Crippen LogP contribution in [0, 0.1) is 0 Å². The van der Waals surface area contributed by atoms with Crippen LogP contribution in [-0.4, -0.2) is 18.5 Å². The summed E-state index contributed by atoms with van der Waals surface area (Å²) in [5.41, 5.74) is 4.13. The Hall–Kier alpha value is -1.35. The molecule has 0 aromatic heterocycles. The third-order valence-electron chi connectivity index (χ3n) is 4.27. The van der Waals surface area contributed by atoms with Crippen molar-refractivity contribution in [3.63, 3.8) is 0 Å². The van der Waals surface area contributed by atoms with Gasteiger partial charge in [0.25, 0.3) is 0 Å². The molecule has 1 atom stereocenters. The molecule has 1 unspecified atom stereocenters. The van der Waals surface area contributed by atoms with Crippen molar-refractivity contribution in [2.24, 2.45) is 0 Å². The topological polar surface area (TPSA) is 15.3 Å². The van der Waals surface area contributed by atoms with Gasteiger partial charge in [0, 0.05) is 30.7 Å². The van der Waals surface area contributed by atoms with Crippen molar-refractivity contribution >= 4 is 11.6 Å². The molecule has 3 rings (SSSR count). The van der Waals surface area contributed by atoms with Gasteiger partial charge in [0.1, 0.15) is 0 Å². The molecule has 21 heavy (non-hydrogen) atoms. The lowest BCUT2D eigenvalue weighted by atomic mass is 10.0. The Kier molecular flexibility index (Phi) is 4.59. The van der Waals surface area contributed by atoms with Gasteiger partial charge in [0.2, 0.25) is 0 Å². The van der Waals surface area contributed by atoms with Gasteiger partial charge in [0.05, 0.1) is 0 Å². The zero-order valence-electron chi connectivity index (χ0n) is 12.3. The molecule has 1 N–H and O–H groups in total. The fraction of sp³-hybridized carbons (Fsp3) is 0.333. The first-order chi connectivity index (χ1) is 10.3. The zero-order valence-corrected chi connectivity index (χ0v) is 13.1. The molecule has 0 fully saturated rings. The van der Waals surface area contributed by atoms with E-state index in [1.54, 1.807) is 0 Å². The lowest BCUT2D eigenvalue weighted by Gasteiger charge is -2.22. The van der Waals surface area contributed by atoms with E-state index >= 15 is 0 Å². The van der Waals surface area contributed by atoms with Gasteiger partial charge >= 0.3 is 0 Å². The van der Waals surface area contributed by atoms with Crippen LogP contribution in [-0.2, 0) is 13.1 Å². The maximum Gasteiger partial charge on any atom is 0.0453 e. The molecule has 0 amide bonds. The standard InChI is InChI=1S/C18H21ClN2/c1-20-18(16-8-4-5-9-17(16)19)10-11-21-12-14-6-2-3-7-15(14)13-21/h2-9,18,20H,10-13H2,1H3. The largest absolute Gasteiger partial charge is 0.313 e. The second-order valence-corrected chi connectivity index (χ2v) is 6.04. The molecule has 2 aromatic carbocycles. The number of hydrogen-bond donors (Lipinski definition) is 1. The fourth-order valence-corrected chi connectivity index (χ4v) is 3.35. The number of nitrogens with one attached hydrogen (secondary N) is 1. The smallest absolute Gasteiger partial charge is 0.0453 e. The van der Waals surface area contributed by atoms with Crippen LogP contribution in [0.4, 0.5) is 0 Å². The molecule has 3 heteroatoms. The summed E-state index contributed by atoms with van der Waals surface area (Å²) in [5.74, 6) is 0. The van der Waals surface area contributed by atoms with Crippen LogP contribution in [0.5, 0.6) is 0 Å². The SMILES string of the molecule is CNC(CCN1Cc2ccccc2C1)c1ccccc1Cl. The van der Waals surface area contributed by atoms with E-state index in [0.717, 1.165) is 31.1 Å². The molecule has 0 spiro atoms. The van der Waals surface area contributed by atoms with Crippen LogP contribution in [0.15, 0.2) is 48.5 Å². The highest BCUT2D eigenvalue weighted by Gasteiger charge is 2.20. The average Bonchev–Trinajstić information content (AvgIpc) is 2.92. The van der Waals surface area contributed by atoms with Crippen molar-refractivity contribution in [2.75, 3.05) is 13.6 Å². The Morgan fingerprint density at radius 3 is 2.29 bits per heavy atom. The van der Waals surface area contributed by atoms with Crippen molar-refractivity contribution < 1.29 is 0 Å². The number of rotatable bonds is 5. The van der Waals surface area contributed by atoms with Gasteiger partial charge < -0.3 is 5.32 Å². The van der Waals surface area contributed by atoms with Gasteiger partial charge in [0.15, 0.2) is 0 Å². The van der Waals surface area contributed by atoms with Gasteiger partial charge in [-0.3, -0.25) is 4.90 Å². The summed E-state index contributed by atoms with van der Waals surface area (Å²) < 4.78 is 0. The maximum absolute atomic E-state index is 6.31. The fourth-order valence-electron chi connectivity index (χ4n) is 3.09. The van der Waals surface area contributed by atoms with Gasteiger partial charge in [-0.1, -0.05) is 54.1 Å². The Bertz CT molecular complexity index is 587. The van der Waals surface area contributed by atoms with Gasteiger partial charge in [-0.2, -0.15) is 0 Å². The molecule has 0 aliphatic carbocycles. The molecule has 2 nitrogen and oxygen atoms in total. The van der Waals surface area contributed by atoms with Crippen LogP contribution in [0.1, 0.15) is 29.2 Å². The zero-order chi connectivity index (χ0) is 14.7. The predicted molar refractivity (Wildman–Crippen MR) is 88.4 cm³/mol. The maximum atomic E-state index is 6.31. The average molecular weight is 301 g/mol. The quantitative estimate of drug-likeness (QED) is 0.897. The number of nitrogens with zero attached hydrogens (tertiary/aromatic N) is 1. The van der Waals surface area contributed by atoms with Crippen LogP contribution in [0.3, 0.4) is 0 Å². The van der Waals surface area contributed by atoms with E-state index in [1.807, 2.05) is 19.2 Å². The van der Waals surface area contributed by atoms with E-state index in [9.17, 15) is 0 Å². The van der Waals surface area contributed by atoms with Crippen molar-refractivity contribution in [1.29, 1.82) is 0 Å². The van der Waals surface area contributed by atoms with E-state index < -0.39 is 0 Å². The number of hydrogen-bond acceptors (Lipinski definition) is 2. The second-order valence-electron chi connectivity index (χ2n) is 5.63. The summed E-state index contributed by atoms with van der Waals surface area (Å²) >= 11 is 6.31. The molecule has 0 saturated carbocycles. The van der Waals surface area contributed by atoms with Crippen molar-refractivity contribution in [3.05, 3.63) is 70.2 Å². The molecule has 0 radical (unpaired) electrons. The summed E-state index contributed by atoms with van der Waals surface area (Å²) in [7, 11) is 2.01. The minimum absolute atomic E-state index is 0.308. The number of benzene rings is 2. The first kappa shape index (κ1) is 14.6. The lowest BCUT2D eigenvalue weighted by molar-refractivity contribution is 0.266. The highest BCUT2D eigenvalue weighted by molar-refractivity contribution is 6.31. The van der Waals surface area contributed by atoms with Gasteiger partial charge in [-0.05, 0) is 36.2 Å². The van der Waals surface area contributed by atoms with Gasteiger partial charge in [-0.15, -0.1) is 0 Å². The predicted octanol–water partition coefficient (Wildman–Crippen LogP) is 4.01. The van der Waals surface area contributed by atoms with Crippen LogP contribution < -0.4 is 5.32 Å². The van der Waals surface area contributed by atoms with Crippen LogP contribution in [0.2, 0.25) is 5.02 Å². The Morgan fingerprint density at radius 2 is 1.67 bits per heavy atom. The monoisotopic (exact) mass is 300 g/mol. The Labute approximate surface area is 131 Å². The molecular weight excluding hydrogens is 280 g/mol. The first-order valence-corrected chi connectivity index (χ1v) is 7.86. The molecular formula is C18H21ClN2. The second kappa shape index (κ2) is 6.61.